The summed E-state index contributed by atoms with van der Waals surface area (Å²) in [7, 11) is -3.92. The molecule has 8 nitrogen and oxygen atoms in total. The van der Waals surface area contributed by atoms with Gasteiger partial charge in [0.1, 0.15) is 18.2 Å². The number of fused-ring (bicyclic) bond motifs is 3. The van der Waals surface area contributed by atoms with Crippen molar-refractivity contribution in [2.45, 2.75) is 29.3 Å². The first-order chi connectivity index (χ1) is 23.2. The van der Waals surface area contributed by atoms with Gasteiger partial charge in [-0.05, 0) is 46.0 Å². The second-order valence-electron chi connectivity index (χ2n) is 11.3. The molecule has 0 unspecified atom stereocenters. The molecule has 1 atom stereocenters. The lowest BCUT2D eigenvalue weighted by molar-refractivity contribution is -0.131. The molecule has 0 spiro atoms. The van der Waals surface area contributed by atoms with Gasteiger partial charge in [0.2, 0.25) is 15.7 Å². The smallest absolute Gasteiger partial charge is 0.408 e. The number of hydrogen-bond donors (Lipinski definition) is 2. The Morgan fingerprint density at radius 2 is 1.27 bits per heavy atom. The SMILES string of the molecule is O=C(CC[C@H](NC(=O)OCC1=Cc2c(ccc3ccccc23)S1(=O)=O)C(=O)F)NC(c1ccccc1)(c1ccccc1)c1ccccc1. The number of carbonyl (C=O) groups excluding carboxylic acids is 3. The van der Waals surface area contributed by atoms with Crippen molar-refractivity contribution in [2.24, 2.45) is 0 Å². The summed E-state index contributed by atoms with van der Waals surface area (Å²) in [6, 6.07) is 35.1. The third-order valence-corrected chi connectivity index (χ3v) is 10.3. The highest BCUT2D eigenvalue weighted by Gasteiger charge is 2.38. The van der Waals surface area contributed by atoms with E-state index >= 15 is 0 Å². The van der Waals surface area contributed by atoms with Crippen LogP contribution < -0.4 is 10.6 Å². The molecule has 1 aliphatic rings. The molecule has 0 aliphatic carbocycles. The van der Waals surface area contributed by atoms with Crippen LogP contribution in [0.25, 0.3) is 16.8 Å². The maximum absolute atomic E-state index is 14.2. The van der Waals surface area contributed by atoms with Crippen LogP contribution in [0.1, 0.15) is 35.1 Å². The minimum atomic E-state index is -3.92. The molecule has 0 fully saturated rings. The largest absolute Gasteiger partial charge is 0.444 e. The topological polar surface area (TPSA) is 119 Å². The van der Waals surface area contributed by atoms with Gasteiger partial charge in [-0.15, -0.1) is 0 Å². The van der Waals surface area contributed by atoms with Gasteiger partial charge in [-0.1, -0.05) is 121 Å². The third kappa shape index (κ3) is 6.34. The molecule has 242 valence electrons. The van der Waals surface area contributed by atoms with E-state index in [1.807, 2.05) is 103 Å². The van der Waals surface area contributed by atoms with Gasteiger partial charge in [-0.25, -0.2) is 13.2 Å². The number of halogens is 1. The van der Waals surface area contributed by atoms with Gasteiger partial charge in [0.15, 0.2) is 0 Å². The number of alkyl carbamates (subject to hydrolysis) is 1. The molecular weight excluding hydrogens is 631 g/mol. The van der Waals surface area contributed by atoms with Crippen LogP contribution in [0.5, 0.6) is 0 Å². The van der Waals surface area contributed by atoms with Crippen LogP contribution in [-0.2, 0) is 29.7 Å². The lowest BCUT2D eigenvalue weighted by Crippen LogP contribution is -2.48. The Kier molecular flexibility index (Phi) is 9.18. The number of benzene rings is 5. The summed E-state index contributed by atoms with van der Waals surface area (Å²) in [5.74, 6) is -0.500. The molecule has 6 rings (SSSR count). The van der Waals surface area contributed by atoms with Gasteiger partial charge in [0, 0.05) is 12.0 Å². The zero-order valence-electron chi connectivity index (χ0n) is 25.6. The first-order valence-corrected chi connectivity index (χ1v) is 16.8. The summed E-state index contributed by atoms with van der Waals surface area (Å²) >= 11 is 0. The van der Waals surface area contributed by atoms with Crippen LogP contribution in [0.15, 0.2) is 137 Å². The van der Waals surface area contributed by atoms with E-state index in [9.17, 15) is 27.2 Å². The van der Waals surface area contributed by atoms with Crippen LogP contribution in [0.2, 0.25) is 0 Å². The van der Waals surface area contributed by atoms with Gasteiger partial charge < -0.3 is 15.4 Å². The predicted molar refractivity (Wildman–Crippen MR) is 180 cm³/mol. The fraction of sp³-hybridized carbons (Fsp3) is 0.132. The van der Waals surface area contributed by atoms with Crippen molar-refractivity contribution < 1.29 is 31.9 Å². The lowest BCUT2D eigenvalue weighted by Gasteiger charge is -2.37. The number of ether oxygens (including phenoxy) is 1. The molecule has 0 aromatic heterocycles. The minimum Gasteiger partial charge on any atom is -0.444 e. The van der Waals surface area contributed by atoms with E-state index in [4.69, 9.17) is 4.74 Å². The average molecular weight is 663 g/mol. The number of nitrogens with one attached hydrogen (secondary N) is 2. The number of hydrogen-bond acceptors (Lipinski definition) is 6. The fourth-order valence-electron chi connectivity index (χ4n) is 6.05. The zero-order valence-corrected chi connectivity index (χ0v) is 26.5. The van der Waals surface area contributed by atoms with Crippen LogP contribution in [0, 0.1) is 0 Å². The first-order valence-electron chi connectivity index (χ1n) is 15.3. The van der Waals surface area contributed by atoms with Crippen LogP contribution in [0.3, 0.4) is 0 Å². The monoisotopic (exact) mass is 662 g/mol. The van der Waals surface area contributed by atoms with Crippen molar-refractivity contribution in [3.63, 3.8) is 0 Å². The predicted octanol–water partition coefficient (Wildman–Crippen LogP) is 6.45. The second-order valence-corrected chi connectivity index (χ2v) is 13.3. The Bertz CT molecular complexity index is 2020. The highest BCUT2D eigenvalue weighted by Crippen LogP contribution is 2.38. The van der Waals surface area contributed by atoms with Gasteiger partial charge >= 0.3 is 12.1 Å². The van der Waals surface area contributed by atoms with Gasteiger partial charge in [-0.2, -0.15) is 4.39 Å². The van der Waals surface area contributed by atoms with Crippen molar-refractivity contribution in [3.05, 3.63) is 155 Å². The molecule has 0 saturated carbocycles. The Balaban J connectivity index is 1.15. The molecule has 1 heterocycles. The van der Waals surface area contributed by atoms with Crippen molar-refractivity contribution in [1.29, 1.82) is 0 Å². The molecule has 5 aromatic rings. The Hall–Kier alpha value is -5.61. The standard InChI is InChI=1S/C38H31FN2O6S/c39-36(43)33(40-37(44)47-25-30-24-32-31-19-11-10-12-26(31)20-22-34(32)48(30,45)46)21-23-35(42)41-38(27-13-4-1-5-14-27,28-15-6-2-7-16-28)29-17-8-3-9-18-29/h1-20,22,24,33H,21,23,25H2,(H,40,44)(H,41,42)/t33-/m0/s1. The lowest BCUT2D eigenvalue weighted by atomic mass is 9.77. The number of rotatable bonds is 11. The van der Waals surface area contributed by atoms with Crippen molar-refractivity contribution >= 4 is 44.7 Å². The van der Waals surface area contributed by atoms with E-state index in [0.29, 0.717) is 5.56 Å². The van der Waals surface area contributed by atoms with E-state index in [-0.39, 0.29) is 22.6 Å². The molecule has 0 bridgehead atoms. The molecule has 1 aliphatic heterocycles. The Morgan fingerprint density at radius 1 is 0.729 bits per heavy atom. The normalized spacial score (nSPS) is 14.0. The number of sulfone groups is 1. The fourth-order valence-corrected chi connectivity index (χ4v) is 7.52. The summed E-state index contributed by atoms with van der Waals surface area (Å²) in [5, 5.41) is 6.86. The summed E-state index contributed by atoms with van der Waals surface area (Å²) in [5.41, 5.74) is 1.71. The van der Waals surface area contributed by atoms with E-state index in [0.717, 1.165) is 27.5 Å². The van der Waals surface area contributed by atoms with E-state index in [1.165, 1.54) is 12.1 Å². The van der Waals surface area contributed by atoms with E-state index < -0.39 is 46.1 Å². The van der Waals surface area contributed by atoms with Crippen LogP contribution >= 0.6 is 0 Å². The van der Waals surface area contributed by atoms with Crippen molar-refractivity contribution in [3.8, 4) is 0 Å². The molecule has 48 heavy (non-hydrogen) atoms. The molecule has 10 heteroatoms. The Morgan fingerprint density at radius 3 is 1.83 bits per heavy atom. The maximum atomic E-state index is 14.2. The second kappa shape index (κ2) is 13.6. The van der Waals surface area contributed by atoms with Gasteiger partial charge in [0.05, 0.1) is 9.80 Å². The molecule has 0 radical (unpaired) electrons. The highest BCUT2D eigenvalue weighted by molar-refractivity contribution is 7.95. The third-order valence-electron chi connectivity index (χ3n) is 8.39. The minimum absolute atomic E-state index is 0.0978. The van der Waals surface area contributed by atoms with Gasteiger partial charge in [0.25, 0.3) is 0 Å². The zero-order chi connectivity index (χ0) is 33.7. The van der Waals surface area contributed by atoms with Gasteiger partial charge in [-0.3, -0.25) is 9.59 Å². The molecule has 2 amide bonds. The summed E-state index contributed by atoms with van der Waals surface area (Å²) in [4.78, 5) is 38.1. The number of carbonyl (C=O) groups is 3. The number of amides is 2. The van der Waals surface area contributed by atoms with Crippen LogP contribution in [0.4, 0.5) is 9.18 Å². The summed E-state index contributed by atoms with van der Waals surface area (Å²) in [6.45, 7) is -0.626. The van der Waals surface area contributed by atoms with Crippen molar-refractivity contribution in [1.82, 2.24) is 10.6 Å². The summed E-state index contributed by atoms with van der Waals surface area (Å²) < 4.78 is 45.5. The van der Waals surface area contributed by atoms with Crippen molar-refractivity contribution in [2.75, 3.05) is 6.61 Å². The van der Waals surface area contributed by atoms with E-state index in [2.05, 4.69) is 10.6 Å². The molecular formula is C38H31FN2O6S. The maximum Gasteiger partial charge on any atom is 0.408 e. The van der Waals surface area contributed by atoms with E-state index in [1.54, 1.807) is 18.2 Å². The summed E-state index contributed by atoms with van der Waals surface area (Å²) in [6.07, 6.45) is -0.448. The van der Waals surface area contributed by atoms with Crippen LogP contribution in [-0.4, -0.2) is 39.1 Å². The quantitative estimate of drug-likeness (QED) is 0.124. The average Bonchev–Trinajstić information content (AvgIpc) is 3.38. The first kappa shape index (κ1) is 32.3. The molecule has 0 saturated heterocycles. The molecule has 2 N–H and O–H groups in total. The Labute approximate surface area is 277 Å². The highest BCUT2D eigenvalue weighted by atomic mass is 32.2. The molecule has 5 aromatic carbocycles.